The molecule has 1 aromatic carbocycles. The zero-order valence-electron chi connectivity index (χ0n) is 19.0. The van der Waals surface area contributed by atoms with E-state index >= 15 is 0 Å². The molecule has 0 aliphatic rings. The van der Waals surface area contributed by atoms with Crippen molar-refractivity contribution in [2.75, 3.05) is 5.32 Å². The predicted octanol–water partition coefficient (Wildman–Crippen LogP) is 7.60. The monoisotopic (exact) mass is 402 g/mol. The van der Waals surface area contributed by atoms with Crippen molar-refractivity contribution in [2.24, 2.45) is 5.73 Å². The molecule has 0 aliphatic carbocycles. The number of hydrogen-bond acceptors (Lipinski definition) is 2. The van der Waals surface area contributed by atoms with Crippen molar-refractivity contribution < 1.29 is 4.79 Å². The molecule has 0 heterocycles. The summed E-state index contributed by atoms with van der Waals surface area (Å²) in [6, 6.07) is 9.77. The van der Waals surface area contributed by atoms with Crippen molar-refractivity contribution in [1.29, 1.82) is 0 Å². The van der Waals surface area contributed by atoms with E-state index in [4.69, 9.17) is 5.73 Å². The minimum Gasteiger partial charge on any atom is -0.328 e. The molecular weight excluding hydrogens is 356 g/mol. The van der Waals surface area contributed by atoms with Crippen LogP contribution in [0.1, 0.15) is 116 Å². The molecule has 0 saturated carbocycles. The van der Waals surface area contributed by atoms with Crippen LogP contribution in [-0.2, 0) is 4.79 Å². The number of unbranched alkanes of at least 4 members (excludes halogenated alkanes) is 13. The van der Waals surface area contributed by atoms with E-state index in [9.17, 15) is 4.79 Å². The highest BCUT2D eigenvalue weighted by molar-refractivity contribution is 5.90. The number of nitrogens with two attached hydrogens (primary N) is 1. The first kappa shape index (κ1) is 25.7. The zero-order valence-corrected chi connectivity index (χ0v) is 19.0. The van der Waals surface area contributed by atoms with Gasteiger partial charge in [-0.2, -0.15) is 0 Å². The largest absolute Gasteiger partial charge is 0.328 e. The highest BCUT2D eigenvalue weighted by atomic mass is 16.1. The molecule has 1 unspecified atom stereocenters. The molecule has 0 fully saturated rings. The van der Waals surface area contributed by atoms with Gasteiger partial charge in [0, 0.05) is 18.2 Å². The highest BCUT2D eigenvalue weighted by Crippen LogP contribution is 2.14. The van der Waals surface area contributed by atoms with E-state index in [2.05, 4.69) is 12.2 Å². The molecule has 0 saturated heterocycles. The topological polar surface area (TPSA) is 55.1 Å². The van der Waals surface area contributed by atoms with Crippen LogP contribution in [0.5, 0.6) is 0 Å². The van der Waals surface area contributed by atoms with Gasteiger partial charge < -0.3 is 11.1 Å². The maximum atomic E-state index is 12.0. The van der Waals surface area contributed by atoms with Crippen LogP contribution in [0.4, 0.5) is 5.69 Å². The standard InChI is InChI=1S/C26H46N2O/c1-2-3-4-5-6-7-8-9-10-11-12-13-14-16-19-24(27)22-23-26(29)28-25-20-17-15-18-21-25/h15,17-18,20-21,24H,2-14,16,19,22-23,27H2,1H3,(H,28,29). The second-order valence-corrected chi connectivity index (χ2v) is 8.60. The van der Waals surface area contributed by atoms with Crippen LogP contribution in [-0.4, -0.2) is 11.9 Å². The molecule has 3 nitrogen and oxygen atoms in total. The molecule has 0 aliphatic heterocycles. The third-order valence-corrected chi connectivity index (χ3v) is 5.73. The van der Waals surface area contributed by atoms with E-state index in [0.29, 0.717) is 6.42 Å². The molecule has 0 radical (unpaired) electrons. The number of anilines is 1. The van der Waals surface area contributed by atoms with E-state index in [0.717, 1.165) is 18.5 Å². The van der Waals surface area contributed by atoms with E-state index in [1.165, 1.54) is 89.9 Å². The maximum Gasteiger partial charge on any atom is 0.224 e. The van der Waals surface area contributed by atoms with Crippen molar-refractivity contribution in [2.45, 2.75) is 122 Å². The lowest BCUT2D eigenvalue weighted by Crippen LogP contribution is -2.22. The Morgan fingerprint density at radius 3 is 1.76 bits per heavy atom. The third kappa shape index (κ3) is 16.2. The van der Waals surface area contributed by atoms with E-state index in [-0.39, 0.29) is 11.9 Å². The van der Waals surface area contributed by atoms with Crippen LogP contribution in [0.3, 0.4) is 0 Å². The Hall–Kier alpha value is -1.35. The summed E-state index contributed by atoms with van der Waals surface area (Å²) < 4.78 is 0. The van der Waals surface area contributed by atoms with Gasteiger partial charge in [0.1, 0.15) is 0 Å². The van der Waals surface area contributed by atoms with Crippen molar-refractivity contribution >= 4 is 11.6 Å². The van der Waals surface area contributed by atoms with Crippen LogP contribution in [0, 0.1) is 0 Å². The lowest BCUT2D eigenvalue weighted by molar-refractivity contribution is -0.116. The Morgan fingerprint density at radius 2 is 1.24 bits per heavy atom. The minimum atomic E-state index is 0.0626. The summed E-state index contributed by atoms with van der Waals surface area (Å²) in [6.07, 6.45) is 21.6. The second kappa shape index (κ2) is 18.7. The van der Waals surface area contributed by atoms with Crippen molar-refractivity contribution in [3.8, 4) is 0 Å². The summed E-state index contributed by atoms with van der Waals surface area (Å²) in [7, 11) is 0. The van der Waals surface area contributed by atoms with Crippen molar-refractivity contribution in [3.05, 3.63) is 30.3 Å². The lowest BCUT2D eigenvalue weighted by Gasteiger charge is -2.11. The average molecular weight is 403 g/mol. The van der Waals surface area contributed by atoms with E-state index in [1.54, 1.807) is 0 Å². The molecule has 3 N–H and O–H groups in total. The van der Waals surface area contributed by atoms with Crippen molar-refractivity contribution in [3.63, 3.8) is 0 Å². The summed E-state index contributed by atoms with van der Waals surface area (Å²) in [5.41, 5.74) is 7.04. The number of hydrogen-bond donors (Lipinski definition) is 2. The second-order valence-electron chi connectivity index (χ2n) is 8.60. The first-order chi connectivity index (χ1) is 14.2. The Labute approximate surface area is 180 Å². The van der Waals surface area contributed by atoms with Gasteiger partial charge in [0.15, 0.2) is 0 Å². The normalized spacial score (nSPS) is 12.1. The molecule has 1 aromatic rings. The fraction of sp³-hybridized carbons (Fsp3) is 0.731. The van der Waals surface area contributed by atoms with Crippen molar-refractivity contribution in [1.82, 2.24) is 0 Å². The van der Waals surface area contributed by atoms with Gasteiger partial charge >= 0.3 is 0 Å². The Balaban J connectivity index is 1.83. The quantitative estimate of drug-likeness (QED) is 0.234. The first-order valence-corrected chi connectivity index (χ1v) is 12.3. The molecule has 0 aromatic heterocycles. The number of rotatable bonds is 19. The number of amides is 1. The van der Waals surface area contributed by atoms with Gasteiger partial charge in [-0.3, -0.25) is 4.79 Å². The van der Waals surface area contributed by atoms with Crippen LogP contribution in [0.25, 0.3) is 0 Å². The van der Waals surface area contributed by atoms with Gasteiger partial charge in [0.25, 0.3) is 0 Å². The summed E-state index contributed by atoms with van der Waals surface area (Å²) in [5.74, 6) is 0.0626. The minimum absolute atomic E-state index is 0.0626. The van der Waals surface area contributed by atoms with Crippen LogP contribution < -0.4 is 11.1 Å². The highest BCUT2D eigenvalue weighted by Gasteiger charge is 2.07. The Kier molecular flexibility index (Phi) is 16.5. The van der Waals surface area contributed by atoms with Crippen LogP contribution >= 0.6 is 0 Å². The molecule has 1 amide bonds. The molecule has 0 spiro atoms. The smallest absolute Gasteiger partial charge is 0.224 e. The molecule has 3 heteroatoms. The number of carbonyl (C=O) groups is 1. The van der Waals surface area contributed by atoms with E-state index < -0.39 is 0 Å². The van der Waals surface area contributed by atoms with Gasteiger partial charge in [-0.1, -0.05) is 115 Å². The molecular formula is C26H46N2O. The fourth-order valence-corrected chi connectivity index (χ4v) is 3.81. The maximum absolute atomic E-state index is 12.0. The number of para-hydroxylation sites is 1. The number of benzene rings is 1. The summed E-state index contributed by atoms with van der Waals surface area (Å²) in [4.78, 5) is 12.0. The number of nitrogens with one attached hydrogen (secondary N) is 1. The fourth-order valence-electron chi connectivity index (χ4n) is 3.81. The molecule has 1 atom stereocenters. The van der Waals surface area contributed by atoms with Gasteiger partial charge in [-0.25, -0.2) is 0 Å². The van der Waals surface area contributed by atoms with E-state index in [1.807, 2.05) is 30.3 Å². The first-order valence-electron chi connectivity index (χ1n) is 12.3. The molecule has 1 rings (SSSR count). The van der Waals surface area contributed by atoms with Gasteiger partial charge in [-0.05, 0) is 25.0 Å². The third-order valence-electron chi connectivity index (χ3n) is 5.73. The molecule has 166 valence electrons. The SMILES string of the molecule is CCCCCCCCCCCCCCCCC(N)CCC(=O)Nc1ccccc1. The summed E-state index contributed by atoms with van der Waals surface area (Å²) >= 11 is 0. The summed E-state index contributed by atoms with van der Waals surface area (Å²) in [6.45, 7) is 2.28. The Bertz CT molecular complexity index is 489. The van der Waals surface area contributed by atoms with Crippen LogP contribution in [0.2, 0.25) is 0 Å². The van der Waals surface area contributed by atoms with Crippen LogP contribution in [0.15, 0.2) is 30.3 Å². The average Bonchev–Trinajstić information content (AvgIpc) is 2.73. The number of carbonyl (C=O) groups excluding carboxylic acids is 1. The lowest BCUT2D eigenvalue weighted by atomic mass is 10.0. The van der Waals surface area contributed by atoms with Gasteiger partial charge in [0.05, 0.1) is 0 Å². The predicted molar refractivity (Wildman–Crippen MR) is 127 cm³/mol. The molecule has 0 bridgehead atoms. The zero-order chi connectivity index (χ0) is 21.0. The van der Waals surface area contributed by atoms with Gasteiger partial charge in [-0.15, -0.1) is 0 Å². The summed E-state index contributed by atoms with van der Waals surface area (Å²) in [5, 5.41) is 2.92. The van der Waals surface area contributed by atoms with Gasteiger partial charge in [0.2, 0.25) is 5.91 Å². The molecule has 29 heavy (non-hydrogen) atoms. The Morgan fingerprint density at radius 1 is 0.759 bits per heavy atom.